The van der Waals surface area contributed by atoms with E-state index >= 15 is 0 Å². The molecule has 1 fully saturated rings. The monoisotopic (exact) mass is 364 g/mol. The fraction of sp³-hybridized carbons (Fsp3) is 0.350. The molecule has 1 saturated heterocycles. The first-order chi connectivity index (χ1) is 12.7. The maximum atomic E-state index is 12.9. The van der Waals surface area contributed by atoms with Crippen LogP contribution in [0.25, 0.3) is 10.6 Å². The molecule has 1 unspecified atom stereocenters. The predicted octanol–water partition coefficient (Wildman–Crippen LogP) is 3.50. The van der Waals surface area contributed by atoms with E-state index in [2.05, 4.69) is 27.1 Å². The van der Waals surface area contributed by atoms with Gasteiger partial charge in [-0.25, -0.2) is 4.98 Å². The van der Waals surface area contributed by atoms with Crippen LogP contribution in [0.4, 0.5) is 0 Å². The lowest BCUT2D eigenvalue weighted by molar-refractivity contribution is 0.0782. The standard InChI is InChI=1S/C20H20N4OS/c1-14-9-15(11-21-10-14)18(25)23-6-4-20(13-23)5-7-24-16(12-22-19(20)24)17-3-2-8-26-17/h2-3,8-12H,4-7,13H2,1H3. The molecule has 3 aromatic rings. The van der Waals surface area contributed by atoms with Crippen LogP contribution in [-0.4, -0.2) is 38.4 Å². The minimum absolute atomic E-state index is 0.00240. The molecule has 3 aromatic heterocycles. The average molecular weight is 364 g/mol. The van der Waals surface area contributed by atoms with Crippen LogP contribution >= 0.6 is 11.3 Å². The first-order valence-corrected chi connectivity index (χ1v) is 9.85. The van der Waals surface area contributed by atoms with E-state index in [1.807, 2.05) is 24.1 Å². The Kier molecular flexibility index (Phi) is 3.50. The summed E-state index contributed by atoms with van der Waals surface area (Å²) < 4.78 is 2.36. The number of hydrogen-bond donors (Lipinski definition) is 0. The molecule has 5 nitrogen and oxygen atoms in total. The number of imidazole rings is 1. The van der Waals surface area contributed by atoms with Crippen LogP contribution in [-0.2, 0) is 12.0 Å². The molecule has 0 aliphatic carbocycles. The summed E-state index contributed by atoms with van der Waals surface area (Å²) in [6, 6.07) is 6.15. The molecule has 1 amide bonds. The lowest BCUT2D eigenvalue weighted by Gasteiger charge is -2.22. The van der Waals surface area contributed by atoms with Crippen LogP contribution in [0.3, 0.4) is 0 Å². The first kappa shape index (κ1) is 15.8. The number of carbonyl (C=O) groups is 1. The zero-order valence-corrected chi connectivity index (χ0v) is 15.5. The summed E-state index contributed by atoms with van der Waals surface area (Å²) in [5.74, 6) is 1.24. The SMILES string of the molecule is Cc1cncc(C(=O)N2CCC3(CCn4c(-c5cccs5)cnc43)C2)c1. The number of hydrogen-bond acceptors (Lipinski definition) is 4. The number of likely N-dealkylation sites (tertiary alicyclic amines) is 1. The number of pyridine rings is 1. The molecule has 0 radical (unpaired) electrons. The molecule has 2 aliphatic heterocycles. The van der Waals surface area contributed by atoms with Crippen molar-refractivity contribution in [3.05, 3.63) is 59.1 Å². The van der Waals surface area contributed by atoms with Gasteiger partial charge in [-0.05, 0) is 42.8 Å². The minimum atomic E-state index is 0.00240. The normalized spacial score (nSPS) is 21.5. The summed E-state index contributed by atoms with van der Waals surface area (Å²) >= 11 is 1.75. The Labute approximate surface area is 156 Å². The Bertz CT molecular complexity index is 978. The van der Waals surface area contributed by atoms with E-state index in [1.54, 1.807) is 23.7 Å². The smallest absolute Gasteiger partial charge is 0.255 e. The molecule has 2 aliphatic rings. The van der Waals surface area contributed by atoms with Gasteiger partial charge in [0, 0.05) is 37.4 Å². The van der Waals surface area contributed by atoms with Crippen molar-refractivity contribution in [3.8, 4) is 10.6 Å². The highest BCUT2D eigenvalue weighted by molar-refractivity contribution is 7.13. The average Bonchev–Trinajstić information content (AvgIpc) is 3.41. The summed E-state index contributed by atoms with van der Waals surface area (Å²) in [5.41, 5.74) is 2.91. The van der Waals surface area contributed by atoms with E-state index in [4.69, 9.17) is 4.98 Å². The Balaban J connectivity index is 1.43. The molecule has 0 bridgehead atoms. The molecular weight excluding hydrogens is 344 g/mol. The third-order valence-electron chi connectivity index (χ3n) is 5.68. The maximum absolute atomic E-state index is 12.9. The number of fused-ring (bicyclic) bond motifs is 2. The number of thiophene rings is 1. The van der Waals surface area contributed by atoms with Gasteiger partial charge in [0.1, 0.15) is 5.82 Å². The van der Waals surface area contributed by atoms with E-state index < -0.39 is 0 Å². The van der Waals surface area contributed by atoms with Crippen LogP contribution in [0.1, 0.15) is 34.6 Å². The summed E-state index contributed by atoms with van der Waals surface area (Å²) in [6.45, 7) is 4.49. The molecule has 5 rings (SSSR count). The fourth-order valence-corrected chi connectivity index (χ4v) is 5.12. The van der Waals surface area contributed by atoms with Crippen LogP contribution in [0.2, 0.25) is 0 Å². The highest BCUT2D eigenvalue weighted by Crippen LogP contribution is 2.44. The van der Waals surface area contributed by atoms with Gasteiger partial charge in [-0.1, -0.05) is 6.07 Å². The van der Waals surface area contributed by atoms with Crippen molar-refractivity contribution in [2.45, 2.75) is 31.7 Å². The third kappa shape index (κ3) is 2.32. The quantitative estimate of drug-likeness (QED) is 0.699. The Morgan fingerprint density at radius 1 is 1.23 bits per heavy atom. The third-order valence-corrected chi connectivity index (χ3v) is 6.57. The van der Waals surface area contributed by atoms with Crippen LogP contribution in [0.15, 0.2) is 42.2 Å². The van der Waals surface area contributed by atoms with E-state index in [-0.39, 0.29) is 11.3 Å². The largest absolute Gasteiger partial charge is 0.338 e. The van der Waals surface area contributed by atoms with E-state index in [0.717, 1.165) is 43.9 Å². The molecule has 0 saturated carbocycles. The summed E-state index contributed by atoms with van der Waals surface area (Å²) in [7, 11) is 0. The van der Waals surface area contributed by atoms with Gasteiger partial charge in [-0.15, -0.1) is 11.3 Å². The van der Waals surface area contributed by atoms with Crippen LogP contribution < -0.4 is 0 Å². The van der Waals surface area contributed by atoms with Crippen molar-refractivity contribution in [1.29, 1.82) is 0 Å². The van der Waals surface area contributed by atoms with Gasteiger partial charge in [0.05, 0.1) is 22.3 Å². The van der Waals surface area contributed by atoms with Crippen molar-refractivity contribution in [3.63, 3.8) is 0 Å². The number of amides is 1. The number of carbonyl (C=O) groups excluding carboxylic acids is 1. The summed E-state index contributed by atoms with van der Waals surface area (Å²) in [6.07, 6.45) is 7.49. The topological polar surface area (TPSA) is 51.0 Å². The molecule has 26 heavy (non-hydrogen) atoms. The second kappa shape index (κ2) is 5.77. The molecule has 132 valence electrons. The van der Waals surface area contributed by atoms with Gasteiger partial charge in [0.25, 0.3) is 5.91 Å². The number of nitrogens with zero attached hydrogens (tertiary/aromatic N) is 4. The van der Waals surface area contributed by atoms with Crippen molar-refractivity contribution in [2.24, 2.45) is 0 Å². The fourth-order valence-electron chi connectivity index (χ4n) is 4.37. The second-order valence-corrected chi connectivity index (χ2v) is 8.30. The highest BCUT2D eigenvalue weighted by Gasteiger charge is 2.48. The number of rotatable bonds is 2. The summed E-state index contributed by atoms with van der Waals surface area (Å²) in [4.78, 5) is 25.1. The zero-order chi connectivity index (χ0) is 17.7. The van der Waals surface area contributed by atoms with Crippen molar-refractivity contribution in [1.82, 2.24) is 19.4 Å². The summed E-state index contributed by atoms with van der Waals surface area (Å²) in [5, 5.41) is 2.10. The molecule has 0 aromatic carbocycles. The van der Waals surface area contributed by atoms with Gasteiger partial charge in [0.2, 0.25) is 0 Å². The van der Waals surface area contributed by atoms with Gasteiger partial charge in [-0.2, -0.15) is 0 Å². The van der Waals surface area contributed by atoms with Gasteiger partial charge >= 0.3 is 0 Å². The molecule has 0 N–H and O–H groups in total. The molecule has 1 spiro atoms. The molecular formula is C20H20N4OS. The first-order valence-electron chi connectivity index (χ1n) is 8.97. The van der Waals surface area contributed by atoms with E-state index in [1.165, 1.54) is 10.6 Å². The number of aromatic nitrogens is 3. The van der Waals surface area contributed by atoms with Crippen molar-refractivity contribution < 1.29 is 4.79 Å². The van der Waals surface area contributed by atoms with Crippen molar-refractivity contribution >= 4 is 17.2 Å². The number of aryl methyl sites for hydroxylation is 1. The van der Waals surface area contributed by atoms with Crippen LogP contribution in [0.5, 0.6) is 0 Å². The van der Waals surface area contributed by atoms with E-state index in [9.17, 15) is 4.79 Å². The lowest BCUT2D eigenvalue weighted by atomic mass is 9.85. The van der Waals surface area contributed by atoms with Gasteiger partial charge in [-0.3, -0.25) is 9.78 Å². The molecule has 1 atom stereocenters. The highest BCUT2D eigenvalue weighted by atomic mass is 32.1. The van der Waals surface area contributed by atoms with Gasteiger partial charge in [0.15, 0.2) is 0 Å². The van der Waals surface area contributed by atoms with E-state index in [0.29, 0.717) is 5.56 Å². The molecule has 6 heteroatoms. The van der Waals surface area contributed by atoms with Crippen LogP contribution in [0, 0.1) is 6.92 Å². The lowest BCUT2D eigenvalue weighted by Crippen LogP contribution is -2.33. The second-order valence-electron chi connectivity index (χ2n) is 7.35. The predicted molar refractivity (Wildman–Crippen MR) is 101 cm³/mol. The molecule has 5 heterocycles. The zero-order valence-electron chi connectivity index (χ0n) is 14.7. The maximum Gasteiger partial charge on any atom is 0.255 e. The van der Waals surface area contributed by atoms with Gasteiger partial charge < -0.3 is 9.47 Å². The minimum Gasteiger partial charge on any atom is -0.338 e. The Morgan fingerprint density at radius 2 is 2.12 bits per heavy atom. The van der Waals surface area contributed by atoms with Crippen molar-refractivity contribution in [2.75, 3.05) is 13.1 Å². The Hall–Kier alpha value is -2.47. The Morgan fingerprint density at radius 3 is 2.92 bits per heavy atom.